The van der Waals surface area contributed by atoms with Gasteiger partial charge in [0.2, 0.25) is 5.91 Å². The van der Waals surface area contributed by atoms with Crippen LogP contribution in [0.4, 0.5) is 0 Å². The van der Waals surface area contributed by atoms with Crippen molar-refractivity contribution in [1.82, 2.24) is 4.90 Å². The van der Waals surface area contributed by atoms with Crippen molar-refractivity contribution in [3.8, 4) is 23.0 Å². The highest BCUT2D eigenvalue weighted by atomic mass is 79.9. The molecule has 1 aromatic heterocycles. The molecular weight excluding hydrogens is 524 g/mol. The number of hydrogen-bond acceptors (Lipinski definition) is 5. The molecule has 4 rings (SSSR count). The van der Waals surface area contributed by atoms with Crippen LogP contribution >= 0.6 is 0 Å². The van der Waals surface area contributed by atoms with Crippen molar-refractivity contribution in [2.75, 3.05) is 28.4 Å². The van der Waals surface area contributed by atoms with Crippen LogP contribution in [0.5, 0.6) is 23.0 Å². The van der Waals surface area contributed by atoms with E-state index in [1.54, 1.807) is 33.3 Å². The smallest absolute Gasteiger partial charge is 0.231 e. The van der Waals surface area contributed by atoms with Crippen molar-refractivity contribution in [3.63, 3.8) is 0 Å². The molecule has 1 amide bonds. The highest BCUT2D eigenvalue weighted by Crippen LogP contribution is 2.33. The summed E-state index contributed by atoms with van der Waals surface area (Å²) in [6, 6.07) is 13.8. The van der Waals surface area contributed by atoms with Gasteiger partial charge in [-0.15, -0.1) is 0 Å². The number of pyridine rings is 1. The third-order valence-corrected chi connectivity index (χ3v) is 6.12. The number of rotatable bonds is 9. The van der Waals surface area contributed by atoms with E-state index in [4.69, 9.17) is 18.9 Å². The predicted molar refractivity (Wildman–Crippen MR) is 133 cm³/mol. The molecule has 0 saturated heterocycles. The van der Waals surface area contributed by atoms with Crippen molar-refractivity contribution in [2.45, 2.75) is 25.9 Å². The molecule has 36 heavy (non-hydrogen) atoms. The fourth-order valence-corrected chi connectivity index (χ4v) is 4.20. The molecule has 8 heteroatoms. The molecule has 1 aliphatic rings. The van der Waals surface area contributed by atoms with Crippen molar-refractivity contribution in [1.29, 1.82) is 0 Å². The maximum absolute atomic E-state index is 13.0. The number of amides is 1. The van der Waals surface area contributed by atoms with Crippen LogP contribution in [0.2, 0.25) is 0 Å². The van der Waals surface area contributed by atoms with Crippen LogP contribution in [0.3, 0.4) is 0 Å². The minimum absolute atomic E-state index is 0. The standard InChI is InChI=1S/C28H31N2O5.BrH/c1-32-24-8-7-20(14-25(24)33-2)9-12-29-11-5-6-21(18-29)19-30-13-10-22-15-26(34-3)27(35-4)16-23(22)17-28(30)31;/h5-8,10-11,13-16,18H,9,12,17,19H2,1-4H3;1H/q+1;/p-1. The average molecular weight is 555 g/mol. The Morgan fingerprint density at radius 1 is 0.861 bits per heavy atom. The van der Waals surface area contributed by atoms with E-state index in [9.17, 15) is 4.79 Å². The second-order valence-corrected chi connectivity index (χ2v) is 8.31. The highest BCUT2D eigenvalue weighted by molar-refractivity contribution is 5.84. The summed E-state index contributed by atoms with van der Waals surface area (Å²) < 4.78 is 23.7. The van der Waals surface area contributed by atoms with Gasteiger partial charge in [0.15, 0.2) is 41.9 Å². The lowest BCUT2D eigenvalue weighted by molar-refractivity contribution is -0.696. The molecular formula is C28H31BrN2O5. The highest BCUT2D eigenvalue weighted by Gasteiger charge is 2.20. The first kappa shape index (κ1) is 27.1. The van der Waals surface area contributed by atoms with Crippen LogP contribution < -0.4 is 40.5 Å². The Hall–Kier alpha value is -3.52. The van der Waals surface area contributed by atoms with E-state index < -0.39 is 0 Å². The first-order valence-electron chi connectivity index (χ1n) is 11.5. The van der Waals surface area contributed by atoms with Crippen LogP contribution in [-0.4, -0.2) is 39.2 Å². The summed E-state index contributed by atoms with van der Waals surface area (Å²) in [5.41, 5.74) is 4.09. The molecule has 0 unspecified atom stereocenters. The molecule has 7 nitrogen and oxygen atoms in total. The fourth-order valence-electron chi connectivity index (χ4n) is 4.20. The molecule has 2 aromatic carbocycles. The summed E-state index contributed by atoms with van der Waals surface area (Å²) in [6.07, 6.45) is 9.08. The zero-order valence-electron chi connectivity index (χ0n) is 21.0. The molecule has 0 bridgehead atoms. The van der Waals surface area contributed by atoms with Gasteiger partial charge in [0, 0.05) is 24.3 Å². The number of fused-ring (bicyclic) bond motifs is 1. The molecule has 0 fully saturated rings. The lowest BCUT2D eigenvalue weighted by Crippen LogP contribution is -3.00. The summed E-state index contributed by atoms with van der Waals surface area (Å²) in [5, 5.41) is 0. The number of carbonyl (C=O) groups excluding carboxylic acids is 1. The number of ether oxygens (including phenoxy) is 4. The lowest BCUT2D eigenvalue weighted by atomic mass is 10.0. The number of nitrogens with zero attached hydrogens (tertiary/aromatic N) is 2. The normalized spacial score (nSPS) is 12.3. The number of benzene rings is 2. The van der Waals surface area contributed by atoms with Crippen LogP contribution in [0.1, 0.15) is 22.3 Å². The van der Waals surface area contributed by atoms with Gasteiger partial charge in [0.05, 0.1) is 41.4 Å². The van der Waals surface area contributed by atoms with E-state index >= 15 is 0 Å². The van der Waals surface area contributed by atoms with Crippen molar-refractivity contribution >= 4 is 12.0 Å². The Morgan fingerprint density at radius 3 is 2.28 bits per heavy atom. The van der Waals surface area contributed by atoms with Crippen molar-refractivity contribution in [2.24, 2.45) is 0 Å². The van der Waals surface area contributed by atoms with E-state index in [0.29, 0.717) is 24.5 Å². The van der Waals surface area contributed by atoms with E-state index in [-0.39, 0.29) is 22.9 Å². The second kappa shape index (κ2) is 12.4. The van der Waals surface area contributed by atoms with Crippen molar-refractivity contribution < 1.29 is 45.3 Å². The number of aromatic nitrogens is 1. The summed E-state index contributed by atoms with van der Waals surface area (Å²) in [7, 11) is 6.48. The SMILES string of the molecule is COc1ccc(CC[n+]2cccc(CN3C=Cc4cc(OC)c(OC)cc4CC3=O)c2)cc1OC.[Br-]. The quantitative estimate of drug-likeness (QED) is 0.366. The van der Waals surface area contributed by atoms with Crippen molar-refractivity contribution in [3.05, 3.63) is 83.3 Å². The van der Waals surface area contributed by atoms with E-state index in [1.807, 2.05) is 60.9 Å². The van der Waals surface area contributed by atoms with Crippen LogP contribution in [0.25, 0.3) is 6.08 Å². The van der Waals surface area contributed by atoms with Gasteiger partial charge < -0.3 is 40.8 Å². The van der Waals surface area contributed by atoms with Crippen LogP contribution in [-0.2, 0) is 30.7 Å². The molecule has 0 saturated carbocycles. The average Bonchev–Trinajstić information content (AvgIpc) is 3.04. The largest absolute Gasteiger partial charge is 1.00 e. The zero-order chi connectivity index (χ0) is 24.8. The summed E-state index contributed by atoms with van der Waals surface area (Å²) >= 11 is 0. The molecule has 0 atom stereocenters. The summed E-state index contributed by atoms with van der Waals surface area (Å²) in [6.45, 7) is 1.30. The summed E-state index contributed by atoms with van der Waals surface area (Å²) in [5.74, 6) is 2.76. The maximum Gasteiger partial charge on any atom is 0.231 e. The lowest BCUT2D eigenvalue weighted by Gasteiger charge is -2.16. The first-order chi connectivity index (χ1) is 17.0. The van der Waals surface area contributed by atoms with Gasteiger partial charge in [-0.2, -0.15) is 0 Å². The number of carbonyl (C=O) groups is 1. The van der Waals surface area contributed by atoms with Crippen LogP contribution in [0, 0.1) is 0 Å². The van der Waals surface area contributed by atoms with Crippen LogP contribution in [0.15, 0.2) is 61.1 Å². The second-order valence-electron chi connectivity index (χ2n) is 8.31. The molecule has 0 N–H and O–H groups in total. The Kier molecular flexibility index (Phi) is 9.36. The predicted octanol–water partition coefficient (Wildman–Crippen LogP) is 0.811. The number of hydrogen-bond donors (Lipinski definition) is 0. The third-order valence-electron chi connectivity index (χ3n) is 6.12. The molecule has 0 aliphatic carbocycles. The van der Waals surface area contributed by atoms with Gasteiger partial charge in [-0.3, -0.25) is 4.79 Å². The molecule has 0 radical (unpaired) electrons. The monoisotopic (exact) mass is 554 g/mol. The van der Waals surface area contributed by atoms with E-state index in [1.165, 1.54) is 0 Å². The first-order valence-corrected chi connectivity index (χ1v) is 11.5. The van der Waals surface area contributed by atoms with Gasteiger partial charge in [-0.25, -0.2) is 4.57 Å². The Morgan fingerprint density at radius 2 is 1.56 bits per heavy atom. The zero-order valence-corrected chi connectivity index (χ0v) is 22.6. The number of aryl methyl sites for hydroxylation is 2. The maximum atomic E-state index is 13.0. The van der Waals surface area contributed by atoms with Gasteiger partial charge in [0.25, 0.3) is 0 Å². The molecule has 1 aliphatic heterocycles. The number of methoxy groups -OCH3 is 4. The third kappa shape index (κ3) is 6.18. The van der Waals surface area contributed by atoms with E-state index in [0.717, 1.165) is 46.7 Å². The Balaban J connectivity index is 0.00000361. The molecule has 0 spiro atoms. The molecule has 3 aromatic rings. The topological polar surface area (TPSA) is 61.1 Å². The Bertz CT molecular complexity index is 1240. The molecule has 2 heterocycles. The van der Waals surface area contributed by atoms with Gasteiger partial charge >= 0.3 is 0 Å². The Labute approximate surface area is 222 Å². The van der Waals surface area contributed by atoms with E-state index in [2.05, 4.69) is 10.8 Å². The van der Waals surface area contributed by atoms with Gasteiger partial charge in [-0.05, 0) is 53.1 Å². The van der Waals surface area contributed by atoms with Gasteiger partial charge in [0.1, 0.15) is 0 Å². The minimum atomic E-state index is 0. The van der Waals surface area contributed by atoms with Gasteiger partial charge in [-0.1, -0.05) is 6.07 Å². The number of halogens is 1. The fraction of sp³-hybridized carbons (Fsp3) is 0.286. The summed E-state index contributed by atoms with van der Waals surface area (Å²) in [4.78, 5) is 14.8. The minimum Gasteiger partial charge on any atom is -1.00 e. The molecule has 190 valence electrons.